The molecule has 0 bridgehead atoms. The number of thiol groups is 1. The zero-order chi connectivity index (χ0) is 22.5. The number of allylic oxidation sites excluding steroid dienone is 3. The maximum absolute atomic E-state index is 13.3. The lowest BCUT2D eigenvalue weighted by Gasteiger charge is -2.11. The van der Waals surface area contributed by atoms with Crippen LogP contribution >= 0.6 is 24.4 Å². The third-order valence-electron chi connectivity index (χ3n) is 4.38. The van der Waals surface area contributed by atoms with Gasteiger partial charge in [-0.1, -0.05) is 12.7 Å². The standard InChI is InChI=1S/C23H29FN4OS2/c1-3-5-22(29)20(9-11-26-16-30)27-12-10-23(25-2)31-13-4-6-19-14-17-7-8-18(24)15-21(17)28-19/h3,5,7-9,11,14-15,27-30H,1,4,6,10,12-13,16H2,2H3/b20-9-,22-5-,25-23?,26-11-. The van der Waals surface area contributed by atoms with Crippen molar-refractivity contribution in [3.8, 4) is 0 Å². The molecule has 5 nitrogen and oxygen atoms in total. The molecule has 8 heteroatoms. The molecular weight excluding hydrogens is 431 g/mol. The van der Waals surface area contributed by atoms with Gasteiger partial charge in [-0.05, 0) is 60.4 Å². The van der Waals surface area contributed by atoms with Crippen LogP contribution in [-0.2, 0) is 6.42 Å². The van der Waals surface area contributed by atoms with Crippen molar-refractivity contribution in [2.24, 2.45) is 9.98 Å². The van der Waals surface area contributed by atoms with Gasteiger partial charge in [-0.3, -0.25) is 9.98 Å². The van der Waals surface area contributed by atoms with E-state index in [0.717, 1.165) is 46.7 Å². The number of H-pyrrole nitrogens is 1. The second-order valence-electron chi connectivity index (χ2n) is 6.61. The van der Waals surface area contributed by atoms with E-state index in [1.54, 1.807) is 37.2 Å². The summed E-state index contributed by atoms with van der Waals surface area (Å²) in [6.45, 7) is 4.23. The van der Waals surface area contributed by atoms with E-state index >= 15 is 0 Å². The van der Waals surface area contributed by atoms with Gasteiger partial charge in [0.25, 0.3) is 0 Å². The SMILES string of the molecule is C=C/C=C(O)/C(=C/C=N\CS)NCCC(=NC)SCCCc1cc2ccc(F)cc2[nH]1. The number of aromatic amines is 1. The van der Waals surface area contributed by atoms with Crippen molar-refractivity contribution in [3.05, 3.63) is 72.0 Å². The summed E-state index contributed by atoms with van der Waals surface area (Å²) in [5.74, 6) is 1.19. The van der Waals surface area contributed by atoms with Crippen molar-refractivity contribution >= 4 is 46.6 Å². The van der Waals surface area contributed by atoms with Crippen LogP contribution < -0.4 is 5.32 Å². The molecule has 0 saturated heterocycles. The molecule has 166 valence electrons. The summed E-state index contributed by atoms with van der Waals surface area (Å²) < 4.78 is 13.3. The van der Waals surface area contributed by atoms with Crippen molar-refractivity contribution in [3.63, 3.8) is 0 Å². The van der Waals surface area contributed by atoms with Gasteiger partial charge in [0, 0.05) is 37.4 Å². The summed E-state index contributed by atoms with van der Waals surface area (Å²) in [7, 11) is 1.79. The minimum absolute atomic E-state index is 0.0986. The summed E-state index contributed by atoms with van der Waals surface area (Å²) in [6.07, 6.45) is 8.98. The summed E-state index contributed by atoms with van der Waals surface area (Å²) in [5, 5.41) is 15.4. The molecule has 0 aliphatic heterocycles. The zero-order valence-corrected chi connectivity index (χ0v) is 19.4. The normalized spacial score (nSPS) is 13.3. The Hall–Kier alpha value is -2.45. The molecule has 31 heavy (non-hydrogen) atoms. The molecule has 1 aromatic heterocycles. The number of aromatic nitrogens is 1. The highest BCUT2D eigenvalue weighted by molar-refractivity contribution is 8.13. The number of halogens is 1. The molecule has 3 N–H and O–H groups in total. The molecule has 0 saturated carbocycles. The van der Waals surface area contributed by atoms with Gasteiger partial charge in [0.2, 0.25) is 0 Å². The monoisotopic (exact) mass is 460 g/mol. The fourth-order valence-electron chi connectivity index (χ4n) is 2.91. The Kier molecular flexibility index (Phi) is 11.0. The topological polar surface area (TPSA) is 72.8 Å². The van der Waals surface area contributed by atoms with Crippen LogP contribution in [0.1, 0.15) is 18.5 Å². The van der Waals surface area contributed by atoms with Gasteiger partial charge in [-0.25, -0.2) is 4.39 Å². The second kappa shape index (κ2) is 13.8. The first-order valence-electron chi connectivity index (χ1n) is 10.00. The van der Waals surface area contributed by atoms with Crippen LogP contribution in [-0.4, -0.2) is 46.6 Å². The molecule has 0 amide bonds. The molecule has 0 radical (unpaired) electrons. The Balaban J connectivity index is 1.78. The summed E-state index contributed by atoms with van der Waals surface area (Å²) in [5.41, 5.74) is 2.52. The van der Waals surface area contributed by atoms with Crippen LogP contribution in [0.2, 0.25) is 0 Å². The molecule has 0 aliphatic rings. The molecule has 0 aliphatic carbocycles. The number of nitrogens with zero attached hydrogens (tertiary/aromatic N) is 2. The van der Waals surface area contributed by atoms with E-state index in [4.69, 9.17) is 0 Å². The average molecular weight is 461 g/mol. The van der Waals surface area contributed by atoms with Gasteiger partial charge in [0.15, 0.2) is 0 Å². The Bertz CT molecular complexity index is 979. The number of fused-ring (bicyclic) bond motifs is 1. The molecule has 1 heterocycles. The fraction of sp³-hybridized carbons (Fsp3) is 0.304. The average Bonchev–Trinajstić information content (AvgIpc) is 3.16. The lowest BCUT2D eigenvalue weighted by Crippen LogP contribution is -2.19. The van der Waals surface area contributed by atoms with Crippen LogP contribution in [0.25, 0.3) is 10.9 Å². The predicted molar refractivity (Wildman–Crippen MR) is 136 cm³/mol. The first-order chi connectivity index (χ1) is 15.1. The highest BCUT2D eigenvalue weighted by Crippen LogP contribution is 2.18. The number of aliphatic imine (C=N–C) groups is 2. The second-order valence-corrected chi connectivity index (χ2v) is 8.06. The molecule has 0 spiro atoms. The van der Waals surface area contributed by atoms with Crippen LogP contribution in [0.4, 0.5) is 4.39 Å². The number of hydrogen-bond acceptors (Lipinski definition) is 6. The zero-order valence-electron chi connectivity index (χ0n) is 17.6. The highest BCUT2D eigenvalue weighted by atomic mass is 32.2. The van der Waals surface area contributed by atoms with E-state index in [1.165, 1.54) is 24.3 Å². The van der Waals surface area contributed by atoms with Gasteiger partial charge in [-0.2, -0.15) is 12.6 Å². The summed E-state index contributed by atoms with van der Waals surface area (Å²) >= 11 is 5.76. The van der Waals surface area contributed by atoms with Crippen LogP contribution in [0.15, 0.2) is 70.5 Å². The number of aliphatic hydroxyl groups is 1. The minimum atomic E-state index is -0.228. The first-order valence-corrected chi connectivity index (χ1v) is 11.6. The van der Waals surface area contributed by atoms with Crippen LogP contribution in [0, 0.1) is 5.82 Å². The third kappa shape index (κ3) is 8.67. The van der Waals surface area contributed by atoms with Gasteiger partial charge in [-0.15, -0.1) is 11.8 Å². The summed E-state index contributed by atoms with van der Waals surface area (Å²) in [6, 6.07) is 6.88. The molecule has 2 rings (SSSR count). The summed E-state index contributed by atoms with van der Waals surface area (Å²) in [4.78, 5) is 11.7. The van der Waals surface area contributed by atoms with Gasteiger partial charge >= 0.3 is 0 Å². The largest absolute Gasteiger partial charge is 0.506 e. The van der Waals surface area contributed by atoms with Gasteiger partial charge in [0.05, 0.1) is 16.6 Å². The van der Waals surface area contributed by atoms with Gasteiger partial charge < -0.3 is 15.4 Å². The number of rotatable bonds is 12. The first kappa shape index (κ1) is 24.8. The van der Waals surface area contributed by atoms with Crippen molar-refractivity contribution in [1.29, 1.82) is 0 Å². The number of benzene rings is 1. The molecule has 0 unspecified atom stereocenters. The maximum atomic E-state index is 13.3. The van der Waals surface area contributed by atoms with E-state index in [9.17, 15) is 9.50 Å². The van der Waals surface area contributed by atoms with E-state index in [-0.39, 0.29) is 11.6 Å². The molecule has 1 aromatic carbocycles. The van der Waals surface area contributed by atoms with Crippen molar-refractivity contribution in [1.82, 2.24) is 10.3 Å². The van der Waals surface area contributed by atoms with E-state index in [1.807, 2.05) is 0 Å². The minimum Gasteiger partial charge on any atom is -0.506 e. The Labute approximate surface area is 192 Å². The lowest BCUT2D eigenvalue weighted by molar-refractivity contribution is 0.414. The smallest absolute Gasteiger partial charge is 0.138 e. The Morgan fingerprint density at radius 3 is 2.94 bits per heavy atom. The molecule has 0 atom stereocenters. The molecule has 2 aromatic rings. The van der Waals surface area contributed by atoms with Crippen LogP contribution in [0.5, 0.6) is 0 Å². The van der Waals surface area contributed by atoms with E-state index < -0.39 is 0 Å². The highest BCUT2D eigenvalue weighted by Gasteiger charge is 2.06. The number of aryl methyl sites for hydroxylation is 1. The van der Waals surface area contributed by atoms with Crippen molar-refractivity contribution in [2.75, 3.05) is 25.2 Å². The lowest BCUT2D eigenvalue weighted by atomic mass is 10.2. The van der Waals surface area contributed by atoms with E-state index in [2.05, 4.69) is 45.6 Å². The Morgan fingerprint density at radius 1 is 1.35 bits per heavy atom. The van der Waals surface area contributed by atoms with Crippen molar-refractivity contribution in [2.45, 2.75) is 19.3 Å². The van der Waals surface area contributed by atoms with Crippen LogP contribution in [0.3, 0.4) is 0 Å². The van der Waals surface area contributed by atoms with E-state index in [0.29, 0.717) is 18.1 Å². The number of nitrogens with one attached hydrogen (secondary N) is 2. The fourth-order valence-corrected chi connectivity index (χ4v) is 3.90. The number of aliphatic hydroxyl groups excluding tert-OH is 1. The van der Waals surface area contributed by atoms with Crippen molar-refractivity contribution < 1.29 is 9.50 Å². The molecular formula is C23H29FN4OS2. The maximum Gasteiger partial charge on any atom is 0.138 e. The van der Waals surface area contributed by atoms with Gasteiger partial charge in [0.1, 0.15) is 11.6 Å². The molecule has 0 fully saturated rings. The number of hydrogen-bond donors (Lipinski definition) is 4. The third-order valence-corrected chi connectivity index (χ3v) is 5.76. The quantitative estimate of drug-likeness (QED) is 0.0850. The Morgan fingerprint density at radius 2 is 2.19 bits per heavy atom. The predicted octanol–water partition coefficient (Wildman–Crippen LogP) is 5.45. The number of thioether (sulfide) groups is 1.